The summed E-state index contributed by atoms with van der Waals surface area (Å²) in [5.74, 6) is 0.899. The maximum absolute atomic E-state index is 12.2. The fraction of sp³-hybridized carbons (Fsp3) is 0.562. The average molecular weight is 326 g/mol. The van der Waals surface area contributed by atoms with Gasteiger partial charge in [-0.2, -0.15) is 0 Å². The molecule has 7 nitrogen and oxygen atoms in total. The number of methoxy groups -OCH3 is 3. The minimum absolute atomic E-state index is 0.366. The highest BCUT2D eigenvalue weighted by molar-refractivity contribution is 5.91. The Morgan fingerprint density at radius 1 is 1.09 bits per heavy atom. The van der Waals surface area contributed by atoms with Crippen LogP contribution in [0.15, 0.2) is 12.1 Å². The Bertz CT molecular complexity index is 502. The van der Waals surface area contributed by atoms with Crippen molar-refractivity contribution in [3.63, 3.8) is 0 Å². The number of hydrogen-bond acceptors (Lipinski definition) is 6. The van der Waals surface area contributed by atoms with E-state index in [1.54, 1.807) is 12.1 Å². The zero-order valence-electron chi connectivity index (χ0n) is 13.8. The molecule has 0 spiro atoms. The van der Waals surface area contributed by atoms with Crippen LogP contribution in [0.3, 0.4) is 0 Å². The molecule has 1 N–H and O–H groups in total. The number of nitrogens with one attached hydrogen (secondary N) is 1. The highest BCUT2D eigenvalue weighted by Gasteiger charge is 2.19. The van der Waals surface area contributed by atoms with Crippen LogP contribution in [-0.4, -0.2) is 66.8 Å². The Kier molecular flexibility index (Phi) is 6.49. The van der Waals surface area contributed by atoms with E-state index >= 15 is 0 Å². The fourth-order valence-corrected chi connectivity index (χ4v) is 2.48. The molecular formula is C16H24NO6+. The quantitative estimate of drug-likeness (QED) is 0.699. The van der Waals surface area contributed by atoms with Crippen LogP contribution in [0.1, 0.15) is 10.4 Å². The van der Waals surface area contributed by atoms with Gasteiger partial charge in [0.05, 0.1) is 40.1 Å². The van der Waals surface area contributed by atoms with Crippen molar-refractivity contribution in [1.82, 2.24) is 0 Å². The molecule has 0 aromatic heterocycles. The molecule has 1 aliphatic heterocycles. The normalized spacial score (nSPS) is 15.1. The molecule has 0 amide bonds. The van der Waals surface area contributed by atoms with Crippen LogP contribution in [0.25, 0.3) is 0 Å². The largest absolute Gasteiger partial charge is 0.493 e. The van der Waals surface area contributed by atoms with Crippen LogP contribution in [0, 0.1) is 0 Å². The van der Waals surface area contributed by atoms with Crippen molar-refractivity contribution in [3.8, 4) is 17.2 Å². The lowest BCUT2D eigenvalue weighted by Crippen LogP contribution is -3.14. The predicted molar refractivity (Wildman–Crippen MR) is 82.8 cm³/mol. The molecule has 0 bridgehead atoms. The van der Waals surface area contributed by atoms with Crippen molar-refractivity contribution in [2.75, 3.05) is 60.8 Å². The van der Waals surface area contributed by atoms with Gasteiger partial charge in [0, 0.05) is 0 Å². The molecule has 0 radical (unpaired) electrons. The van der Waals surface area contributed by atoms with Gasteiger partial charge in [-0.15, -0.1) is 0 Å². The van der Waals surface area contributed by atoms with Crippen molar-refractivity contribution >= 4 is 5.97 Å². The van der Waals surface area contributed by atoms with Crippen LogP contribution < -0.4 is 19.1 Å². The molecule has 0 saturated carbocycles. The Balaban J connectivity index is 1.98. The summed E-state index contributed by atoms with van der Waals surface area (Å²) in [4.78, 5) is 13.6. The molecule has 1 aromatic rings. The smallest absolute Gasteiger partial charge is 0.338 e. The number of carbonyl (C=O) groups excluding carboxylic acids is 1. The van der Waals surface area contributed by atoms with E-state index in [0.717, 1.165) is 32.8 Å². The molecule has 7 heteroatoms. The molecule has 128 valence electrons. The van der Waals surface area contributed by atoms with Gasteiger partial charge in [0.2, 0.25) is 5.75 Å². The minimum atomic E-state index is -0.406. The molecule has 1 fully saturated rings. The van der Waals surface area contributed by atoms with Crippen LogP contribution in [0.2, 0.25) is 0 Å². The molecule has 1 aliphatic rings. The first kappa shape index (κ1) is 17.4. The monoisotopic (exact) mass is 326 g/mol. The molecule has 0 aliphatic carbocycles. The summed E-state index contributed by atoms with van der Waals surface area (Å²) in [6, 6.07) is 3.18. The van der Waals surface area contributed by atoms with Gasteiger partial charge in [0.25, 0.3) is 0 Å². The molecule has 0 unspecified atom stereocenters. The minimum Gasteiger partial charge on any atom is -0.493 e. The highest BCUT2D eigenvalue weighted by atomic mass is 16.5. The second-order valence-electron chi connectivity index (χ2n) is 5.16. The zero-order valence-corrected chi connectivity index (χ0v) is 13.8. The van der Waals surface area contributed by atoms with Crippen molar-refractivity contribution in [2.24, 2.45) is 0 Å². The van der Waals surface area contributed by atoms with E-state index in [1.165, 1.54) is 26.2 Å². The first-order valence-corrected chi connectivity index (χ1v) is 7.58. The summed E-state index contributed by atoms with van der Waals surface area (Å²) in [6.45, 7) is 4.56. The summed E-state index contributed by atoms with van der Waals surface area (Å²) in [5, 5.41) is 0. The lowest BCUT2D eigenvalue weighted by Gasteiger charge is -2.23. The third kappa shape index (κ3) is 4.49. The molecule has 23 heavy (non-hydrogen) atoms. The summed E-state index contributed by atoms with van der Waals surface area (Å²) >= 11 is 0. The maximum Gasteiger partial charge on any atom is 0.338 e. The first-order chi connectivity index (χ1) is 11.2. The molecule has 2 rings (SSSR count). The number of quaternary nitrogens is 1. The number of rotatable bonds is 7. The third-order valence-electron chi connectivity index (χ3n) is 3.79. The standard InChI is InChI=1S/C16H23NO6/c1-19-13-10-12(11-14(20-2)15(13)21-3)16(18)23-9-6-17-4-7-22-8-5-17/h10-11H,4-9H2,1-3H3/p+1. The molecule has 1 saturated heterocycles. The second kappa shape index (κ2) is 8.59. The van der Waals surface area contributed by atoms with E-state index in [2.05, 4.69) is 0 Å². The van der Waals surface area contributed by atoms with Gasteiger partial charge < -0.3 is 28.6 Å². The van der Waals surface area contributed by atoms with E-state index in [1.807, 2.05) is 0 Å². The Morgan fingerprint density at radius 3 is 2.22 bits per heavy atom. The molecular weight excluding hydrogens is 302 g/mol. The third-order valence-corrected chi connectivity index (χ3v) is 3.79. The number of benzene rings is 1. The molecule has 1 heterocycles. The zero-order chi connectivity index (χ0) is 16.7. The van der Waals surface area contributed by atoms with Gasteiger partial charge >= 0.3 is 5.97 Å². The maximum atomic E-state index is 12.2. The highest BCUT2D eigenvalue weighted by Crippen LogP contribution is 2.38. The van der Waals surface area contributed by atoms with E-state index in [4.69, 9.17) is 23.7 Å². The number of morpholine rings is 1. The van der Waals surface area contributed by atoms with Gasteiger partial charge in [0.1, 0.15) is 26.2 Å². The van der Waals surface area contributed by atoms with E-state index in [9.17, 15) is 4.79 Å². The lowest BCUT2D eigenvalue weighted by molar-refractivity contribution is -0.908. The Labute approximate surface area is 136 Å². The van der Waals surface area contributed by atoms with Crippen LogP contribution in [-0.2, 0) is 9.47 Å². The SMILES string of the molecule is COc1cc(C(=O)OCC[NH+]2CCOCC2)cc(OC)c1OC. The van der Waals surface area contributed by atoms with Crippen molar-refractivity contribution in [1.29, 1.82) is 0 Å². The topological polar surface area (TPSA) is 67.7 Å². The fourth-order valence-electron chi connectivity index (χ4n) is 2.48. The predicted octanol–water partition coefficient (Wildman–Crippen LogP) is -0.216. The number of carbonyl (C=O) groups is 1. The molecule has 0 atom stereocenters. The first-order valence-electron chi connectivity index (χ1n) is 7.58. The van der Waals surface area contributed by atoms with Gasteiger partial charge in [-0.1, -0.05) is 0 Å². The number of esters is 1. The van der Waals surface area contributed by atoms with Crippen molar-refractivity contribution in [3.05, 3.63) is 17.7 Å². The van der Waals surface area contributed by atoms with Gasteiger partial charge in [0.15, 0.2) is 11.5 Å². The van der Waals surface area contributed by atoms with Crippen LogP contribution in [0.4, 0.5) is 0 Å². The van der Waals surface area contributed by atoms with E-state index in [0.29, 0.717) is 29.4 Å². The van der Waals surface area contributed by atoms with Crippen molar-refractivity contribution < 1.29 is 33.4 Å². The van der Waals surface area contributed by atoms with Gasteiger partial charge in [-0.25, -0.2) is 4.79 Å². The number of hydrogen-bond donors (Lipinski definition) is 1. The number of ether oxygens (including phenoxy) is 5. The van der Waals surface area contributed by atoms with Gasteiger partial charge in [-0.3, -0.25) is 0 Å². The summed E-state index contributed by atoms with van der Waals surface area (Å²) in [5.41, 5.74) is 0.372. The summed E-state index contributed by atoms with van der Waals surface area (Å²) in [7, 11) is 4.53. The Morgan fingerprint density at radius 2 is 1.70 bits per heavy atom. The lowest BCUT2D eigenvalue weighted by atomic mass is 10.2. The van der Waals surface area contributed by atoms with E-state index < -0.39 is 5.97 Å². The summed E-state index contributed by atoms with van der Waals surface area (Å²) < 4.78 is 26.4. The van der Waals surface area contributed by atoms with Crippen LogP contribution >= 0.6 is 0 Å². The van der Waals surface area contributed by atoms with E-state index in [-0.39, 0.29) is 0 Å². The van der Waals surface area contributed by atoms with Crippen LogP contribution in [0.5, 0.6) is 17.2 Å². The second-order valence-corrected chi connectivity index (χ2v) is 5.16. The average Bonchev–Trinajstić information content (AvgIpc) is 2.61. The van der Waals surface area contributed by atoms with Gasteiger partial charge in [-0.05, 0) is 12.1 Å². The van der Waals surface area contributed by atoms with Crippen molar-refractivity contribution in [2.45, 2.75) is 0 Å². The molecule has 1 aromatic carbocycles. The summed E-state index contributed by atoms with van der Waals surface area (Å²) in [6.07, 6.45) is 0. The Hall–Kier alpha value is -1.99.